The zero-order valence-corrected chi connectivity index (χ0v) is 71.4. The van der Waals surface area contributed by atoms with Gasteiger partial charge in [-0.1, -0.05) is 79.0 Å². The summed E-state index contributed by atoms with van der Waals surface area (Å²) in [6, 6.07) is 6.03. The number of phenolic OH excluding ortho intramolecular Hbond substituents is 3. The number of benzene rings is 6. The van der Waals surface area contributed by atoms with Crippen molar-refractivity contribution in [3.8, 4) is 57.1 Å². The first kappa shape index (κ1) is 94.7. The summed E-state index contributed by atoms with van der Waals surface area (Å²) >= 11 is 20.6. The van der Waals surface area contributed by atoms with E-state index in [2.05, 4.69) is 58.3 Å². The van der Waals surface area contributed by atoms with E-state index in [1.54, 1.807) is 32.0 Å². The molecule has 11 bridgehead atoms. The van der Waals surface area contributed by atoms with E-state index in [1.165, 1.54) is 50.0 Å². The Balaban J connectivity index is 0.997. The molecule has 7 aromatic rings. The first-order valence-electron chi connectivity index (χ1n) is 40.1. The second-order valence-corrected chi connectivity index (χ2v) is 32.8. The summed E-state index contributed by atoms with van der Waals surface area (Å²) in [7, 11) is 2.80. The highest BCUT2D eigenvalue weighted by molar-refractivity contribution is 6.32. The summed E-state index contributed by atoms with van der Waals surface area (Å²) in [6.07, 6.45) is -18.2. The van der Waals surface area contributed by atoms with Crippen LogP contribution in [0.4, 0.5) is 5.82 Å². The van der Waals surface area contributed by atoms with Gasteiger partial charge in [-0.05, 0) is 146 Å². The predicted octanol–water partition coefficient (Wildman–Crippen LogP) is 1.75. The van der Waals surface area contributed by atoms with E-state index in [0.717, 1.165) is 72.3 Å². The monoisotopic (exact) mass is 1820 g/mol. The van der Waals surface area contributed by atoms with Crippen LogP contribution in [0.25, 0.3) is 11.1 Å². The molecule has 0 saturated carbocycles. The number of methoxy groups -OCH3 is 1. The molecule has 9 amide bonds. The number of halogens is 3. The molecule has 7 aliphatic rings. The van der Waals surface area contributed by atoms with E-state index in [-0.39, 0.29) is 79.7 Å². The van der Waals surface area contributed by atoms with Crippen molar-refractivity contribution in [2.75, 3.05) is 45.8 Å². The Morgan fingerprint density at radius 2 is 1.38 bits per heavy atom. The third kappa shape index (κ3) is 21.9. The first-order valence-corrected chi connectivity index (χ1v) is 41.2. The quantitative estimate of drug-likeness (QED) is 0.0303. The van der Waals surface area contributed by atoms with Crippen molar-refractivity contribution in [3.05, 3.63) is 174 Å². The third-order valence-corrected chi connectivity index (χ3v) is 22.9. The lowest BCUT2D eigenvalue weighted by atomic mass is 9.85. The highest BCUT2D eigenvalue weighted by Crippen LogP contribution is 2.50. The van der Waals surface area contributed by atoms with Gasteiger partial charge in [0.25, 0.3) is 5.91 Å². The van der Waals surface area contributed by atoms with Crippen LogP contribution in [0, 0.1) is 12.8 Å². The Labute approximate surface area is 739 Å². The summed E-state index contributed by atoms with van der Waals surface area (Å²) in [6.45, 7) is 7.07. The van der Waals surface area contributed by atoms with Crippen molar-refractivity contribution in [2.45, 2.75) is 176 Å². The fraction of sp³-hybridized carbons (Fsp3) is 0.417. The lowest BCUT2D eigenvalue weighted by Gasteiger charge is -2.48. The van der Waals surface area contributed by atoms with Gasteiger partial charge in [-0.2, -0.15) is 4.98 Å². The number of fused-ring (bicyclic) bond motifs is 15. The molecule has 14 rings (SSSR count). The van der Waals surface area contributed by atoms with E-state index < -0.39 is 254 Å². The van der Waals surface area contributed by atoms with Crippen LogP contribution < -0.4 is 79.0 Å². The Kier molecular flexibility index (Phi) is 30.3. The smallest absolute Gasteiger partial charge is 0.349 e. The zero-order valence-electron chi connectivity index (χ0n) is 69.1. The van der Waals surface area contributed by atoms with Gasteiger partial charge in [-0.25, -0.2) is 10.3 Å². The maximum atomic E-state index is 16.4. The number of hydroxylamine groups is 1. The number of aliphatic hydroxyl groups is 6. The Morgan fingerprint density at radius 3 is 2.02 bits per heavy atom. The van der Waals surface area contributed by atoms with Crippen molar-refractivity contribution in [3.63, 3.8) is 0 Å². The van der Waals surface area contributed by atoms with Crippen LogP contribution >= 0.6 is 34.8 Å². The highest BCUT2D eigenvalue weighted by atomic mass is 35.5. The molecule has 0 spiro atoms. The number of amides is 9. The van der Waals surface area contributed by atoms with Crippen molar-refractivity contribution >= 4 is 93.8 Å². The summed E-state index contributed by atoms with van der Waals surface area (Å²) in [5, 5.41) is 130. The first-order chi connectivity index (χ1) is 60.3. The molecular weight excluding hydrogens is 1730 g/mol. The van der Waals surface area contributed by atoms with Gasteiger partial charge in [0.1, 0.15) is 101 Å². The SMILES string of the molecule is CN[C@H](CC(C)C)C(=O)N[C@H]1C(=O)N[C@@H](CC(N)=O)C(=O)NC2C(=O)N[C@H]3C(=O)N[C@H](C(=O)N[C@@H](C(=O)NOCCOC)c4cc(O)cc(O)c4-c4cc3ccc4O)[C@H](O)c3ccc(c(Cl)c3)Oc3cc2cc(c3O[C@@H]2O[C@H](CO)[C@@H](O)[C@H](O)[C@H]2O[C@H]2C[C@](C)(NCCn3ccc(NC(=O)Cc4ccc(Cl)c(C)c4)nc3=O)[C@H](O)[C@H](C)O2)Oc2ccc(cc2Cl)[C@H]1O. The number of hydrogen-bond acceptors (Lipinski definition) is 30. The van der Waals surface area contributed by atoms with Crippen LogP contribution in [0.3, 0.4) is 0 Å². The Hall–Kier alpha value is -11.4. The minimum Gasteiger partial charge on any atom is -0.508 e. The predicted molar refractivity (Wildman–Crippen MR) is 448 cm³/mol. The number of anilines is 1. The Bertz CT molecular complexity index is 5400. The number of carbonyl (C=O) groups excluding carboxylic acids is 9. The number of rotatable bonds is 24. The number of nitrogens with one attached hydrogen (secondary N) is 10. The number of hydrogen-bond donors (Lipinski definition) is 20. The number of aliphatic hydroxyl groups excluding tert-OH is 6. The third-order valence-electron chi connectivity index (χ3n) is 21.9. The molecular formula is C84H96Cl3N13O27. The molecule has 43 heteroatoms. The van der Waals surface area contributed by atoms with E-state index in [9.17, 15) is 69.9 Å². The second-order valence-electron chi connectivity index (χ2n) is 31.6. The molecule has 127 heavy (non-hydrogen) atoms. The molecule has 0 radical (unpaired) electrons. The van der Waals surface area contributed by atoms with Gasteiger partial charge in [0.05, 0.1) is 61.0 Å². The second kappa shape index (κ2) is 40.7. The lowest BCUT2D eigenvalue weighted by molar-refractivity contribution is -0.334. The molecule has 40 nitrogen and oxygen atoms in total. The number of aromatic nitrogens is 2. The van der Waals surface area contributed by atoms with E-state index in [4.69, 9.17) is 78.5 Å². The van der Waals surface area contributed by atoms with Gasteiger partial charge in [-0.15, -0.1) is 0 Å². The van der Waals surface area contributed by atoms with Crippen LogP contribution in [0.1, 0.15) is 116 Å². The molecule has 1 unspecified atom stereocenters. The molecule has 2 saturated heterocycles. The van der Waals surface area contributed by atoms with Gasteiger partial charge in [0.2, 0.25) is 59.3 Å². The maximum Gasteiger partial charge on any atom is 0.349 e. The van der Waals surface area contributed by atoms with Crippen LogP contribution in [0.5, 0.6) is 46.0 Å². The molecule has 8 heterocycles. The molecule has 21 N–H and O–H groups in total. The largest absolute Gasteiger partial charge is 0.508 e. The van der Waals surface area contributed by atoms with Crippen LogP contribution in [0.15, 0.2) is 114 Å². The van der Waals surface area contributed by atoms with E-state index in [1.807, 2.05) is 13.8 Å². The van der Waals surface area contributed by atoms with Crippen molar-refractivity contribution < 1.29 is 127 Å². The molecule has 0 aliphatic carbocycles. The van der Waals surface area contributed by atoms with Crippen LogP contribution in [-0.2, 0) is 79.9 Å². The number of phenols is 3. The molecule has 680 valence electrons. The van der Waals surface area contributed by atoms with Gasteiger partial charge < -0.3 is 133 Å². The van der Waals surface area contributed by atoms with Crippen LogP contribution in [-0.4, -0.2) is 228 Å². The van der Waals surface area contributed by atoms with E-state index in [0.29, 0.717) is 10.6 Å². The molecule has 1 aromatic heterocycles. The average Bonchev–Trinajstić information content (AvgIpc) is 0.766. The number of aryl methyl sites for hydroxylation is 1. The topological polar surface area (TPSA) is 591 Å². The molecule has 18 atom stereocenters. The van der Waals surface area contributed by atoms with Gasteiger partial charge in [0.15, 0.2) is 23.9 Å². The van der Waals surface area contributed by atoms with Crippen molar-refractivity contribution in [1.82, 2.24) is 57.6 Å². The number of ether oxygens (including phenoxy) is 7. The number of carbonyl (C=O) groups is 9. The highest BCUT2D eigenvalue weighted by Gasteiger charge is 2.52. The normalized spacial score (nSPS) is 25.7. The van der Waals surface area contributed by atoms with Crippen LogP contribution in [0.2, 0.25) is 15.1 Å². The summed E-state index contributed by atoms with van der Waals surface area (Å²) in [5.41, 5.74) is 4.53. The van der Waals surface area contributed by atoms with Crippen molar-refractivity contribution in [2.24, 2.45) is 11.7 Å². The minimum atomic E-state index is -2.40. The van der Waals surface area contributed by atoms with Gasteiger partial charge >= 0.3 is 5.69 Å². The lowest BCUT2D eigenvalue weighted by Crippen LogP contribution is -2.65. The number of nitrogens with two attached hydrogens (primary N) is 1. The summed E-state index contributed by atoms with van der Waals surface area (Å²) in [5.74, 6) is -16.0. The van der Waals surface area contributed by atoms with E-state index >= 15 is 24.0 Å². The summed E-state index contributed by atoms with van der Waals surface area (Å²) < 4.78 is 45.7. The van der Waals surface area contributed by atoms with Gasteiger partial charge in [0, 0.05) is 60.6 Å². The fourth-order valence-electron chi connectivity index (χ4n) is 15.3. The fourth-order valence-corrected chi connectivity index (χ4v) is 15.8. The van der Waals surface area contributed by atoms with Crippen molar-refractivity contribution in [1.29, 1.82) is 0 Å². The molecule has 6 aromatic carbocycles. The average molecular weight is 1830 g/mol. The number of likely N-dealkylation sites (N-methyl/N-ethyl adjacent to an activating group) is 1. The number of nitrogens with zero attached hydrogens (tertiary/aromatic N) is 2. The Morgan fingerprint density at radius 1 is 0.717 bits per heavy atom. The summed E-state index contributed by atoms with van der Waals surface area (Å²) in [4.78, 5) is 156. The number of aromatic hydroxyl groups is 3. The molecule has 7 aliphatic heterocycles. The minimum absolute atomic E-state index is 0.0192. The molecule has 2 fully saturated rings. The zero-order chi connectivity index (χ0) is 91.9. The number of primary amides is 1. The standard InChI is InChI=1S/C84H96Cl3N13O27/c1-35(2)22-49(89-6)75(112)97-66-68(107)40-10-14-53(47(86)26-40)123-55-28-42-29-56(72(55)127-82-73(71(110)70(109)57(34-101)125-82)126-61-33-84(5,74(111)37(4)122-61)90-17-19-100-18-16-59(93-83(100)119)92-60(106)24-38-8-12-46(85)36(3)23-38)124-54-15-11-41(27-48(54)87)69(108)67-80(117)96-65(81(118)99-121-21-20-120-7)45-30-43(102)31-52(104)62(45)44-25-39(9-13-51(44)103)63(77(114)98-67)95-78(115)64(42)94-76(113)50(32-58(88)105)91-79(66)116/h8-16,18,23,25-31,35,37,49-50,57,61,63-71,73-74,82,89-90,101-104,107-111H,17,19-22,24,32-34H2,1-7H3,(H2,88,105)(H,91,116)(H,94,113)(H,95,115)(H,96,117)(H,97,112)(H,98,114)(H,99,118)(H,92,93,106,119)/t37-,49+,50-,57+,61-,63+,64?,65+,66+,67-,68+,69+,70+,71-,73+,74+,82-,84-/m0/s1. The maximum absolute atomic E-state index is 16.4. The van der Waals surface area contributed by atoms with Gasteiger partial charge in [-0.3, -0.25) is 52.6 Å².